The number of aliphatic hydroxyl groups excluding tert-OH is 1. The minimum Gasteiger partial charge on any atom is -0.396 e. The Hall–Kier alpha value is -1.86. The third-order valence-corrected chi connectivity index (χ3v) is 5.93. The van der Waals surface area contributed by atoms with Gasteiger partial charge in [0.05, 0.1) is 11.6 Å². The second kappa shape index (κ2) is 7.36. The lowest BCUT2D eigenvalue weighted by molar-refractivity contribution is -0.123. The van der Waals surface area contributed by atoms with E-state index in [0.717, 1.165) is 11.5 Å². The smallest absolute Gasteiger partial charge is 0.220 e. The summed E-state index contributed by atoms with van der Waals surface area (Å²) < 4.78 is 0. The maximum Gasteiger partial charge on any atom is 0.220 e. The van der Waals surface area contributed by atoms with Gasteiger partial charge in [0.25, 0.3) is 0 Å². The van der Waals surface area contributed by atoms with Crippen molar-refractivity contribution in [3.05, 3.63) is 35.4 Å². The summed E-state index contributed by atoms with van der Waals surface area (Å²) in [5.74, 6) is 1.04. The van der Waals surface area contributed by atoms with E-state index in [-0.39, 0.29) is 23.8 Å². The van der Waals surface area contributed by atoms with Crippen LogP contribution >= 0.6 is 0 Å². The van der Waals surface area contributed by atoms with Gasteiger partial charge in [0.15, 0.2) is 0 Å². The highest BCUT2D eigenvalue weighted by Gasteiger charge is 2.45. The number of amides is 1. The molecule has 2 saturated carbocycles. The van der Waals surface area contributed by atoms with Crippen molar-refractivity contribution in [3.8, 4) is 6.07 Å². The molecule has 128 valence electrons. The zero-order valence-electron chi connectivity index (χ0n) is 14.1. The topological polar surface area (TPSA) is 73.1 Å². The largest absolute Gasteiger partial charge is 0.396 e. The van der Waals surface area contributed by atoms with E-state index in [4.69, 9.17) is 5.26 Å². The number of nitrogens with zero attached hydrogens (tertiary/aromatic N) is 1. The van der Waals surface area contributed by atoms with Crippen LogP contribution in [0.3, 0.4) is 0 Å². The lowest BCUT2D eigenvalue weighted by atomic mass is 9.81. The van der Waals surface area contributed by atoms with Crippen molar-refractivity contribution in [2.24, 2.45) is 11.3 Å². The Morgan fingerprint density at radius 2 is 2.21 bits per heavy atom. The first-order valence-electron chi connectivity index (χ1n) is 9.02. The summed E-state index contributed by atoms with van der Waals surface area (Å²) >= 11 is 0. The lowest BCUT2D eigenvalue weighted by Gasteiger charge is -2.26. The van der Waals surface area contributed by atoms with Crippen molar-refractivity contribution < 1.29 is 9.90 Å². The quantitative estimate of drug-likeness (QED) is 0.808. The summed E-state index contributed by atoms with van der Waals surface area (Å²) in [7, 11) is 0. The van der Waals surface area contributed by atoms with Crippen LogP contribution in [0.5, 0.6) is 0 Å². The van der Waals surface area contributed by atoms with Gasteiger partial charge in [-0.25, -0.2) is 0 Å². The Morgan fingerprint density at radius 1 is 1.42 bits per heavy atom. The van der Waals surface area contributed by atoms with E-state index in [1.54, 1.807) is 6.07 Å². The Kier molecular flexibility index (Phi) is 5.20. The summed E-state index contributed by atoms with van der Waals surface area (Å²) in [6.07, 6.45) is 7.45. The van der Waals surface area contributed by atoms with Crippen LogP contribution in [0.25, 0.3) is 0 Å². The highest BCUT2D eigenvalue weighted by Crippen LogP contribution is 2.55. The van der Waals surface area contributed by atoms with Crippen LogP contribution in [0.15, 0.2) is 24.3 Å². The van der Waals surface area contributed by atoms with Crippen molar-refractivity contribution in [1.82, 2.24) is 5.32 Å². The van der Waals surface area contributed by atoms with Crippen molar-refractivity contribution in [3.63, 3.8) is 0 Å². The van der Waals surface area contributed by atoms with Gasteiger partial charge in [0.2, 0.25) is 5.91 Å². The molecule has 0 heterocycles. The predicted molar refractivity (Wildman–Crippen MR) is 92.2 cm³/mol. The molecule has 3 rings (SSSR count). The van der Waals surface area contributed by atoms with Crippen molar-refractivity contribution in [2.75, 3.05) is 13.2 Å². The minimum atomic E-state index is 0.0460. The van der Waals surface area contributed by atoms with Gasteiger partial charge in [0.1, 0.15) is 0 Å². The van der Waals surface area contributed by atoms with Crippen LogP contribution < -0.4 is 5.32 Å². The molecule has 1 aromatic rings. The van der Waals surface area contributed by atoms with Crippen LogP contribution in [0.4, 0.5) is 0 Å². The van der Waals surface area contributed by atoms with Gasteiger partial charge in [-0.3, -0.25) is 4.79 Å². The molecule has 0 aromatic heterocycles. The lowest BCUT2D eigenvalue weighted by Crippen LogP contribution is -2.33. The van der Waals surface area contributed by atoms with Gasteiger partial charge >= 0.3 is 0 Å². The molecule has 4 heteroatoms. The maximum atomic E-state index is 12.4. The number of rotatable bonds is 7. The Bertz CT molecular complexity index is 627. The van der Waals surface area contributed by atoms with Crippen LogP contribution in [0, 0.1) is 22.7 Å². The first-order chi connectivity index (χ1) is 11.6. The van der Waals surface area contributed by atoms with Crippen LogP contribution in [-0.4, -0.2) is 24.2 Å². The average Bonchev–Trinajstić information content (AvgIpc) is 3.19. The number of hydrogen-bond donors (Lipinski definition) is 2. The van der Waals surface area contributed by atoms with Gasteiger partial charge in [-0.1, -0.05) is 12.1 Å². The Labute approximate surface area is 143 Å². The summed E-state index contributed by atoms with van der Waals surface area (Å²) in [4.78, 5) is 12.4. The molecule has 1 aromatic carbocycles. The molecule has 1 amide bonds. The standard InChI is InChI=1S/C20H26N2O2/c21-13-16-2-1-3-17(10-16)18(6-9-23)14-22-19(24)12-20-7-4-15(11-20)5-8-20/h1-3,10,15,18,23H,4-9,11-12,14H2,(H,22,24). The van der Waals surface area contributed by atoms with Crippen LogP contribution in [0.2, 0.25) is 0 Å². The molecule has 2 N–H and O–H groups in total. The van der Waals surface area contributed by atoms with E-state index >= 15 is 0 Å². The molecule has 2 fully saturated rings. The van der Waals surface area contributed by atoms with E-state index in [2.05, 4.69) is 11.4 Å². The predicted octanol–water partition coefficient (Wildman–Crippen LogP) is 3.11. The summed E-state index contributed by atoms with van der Waals surface area (Å²) in [6.45, 7) is 0.594. The fourth-order valence-electron chi connectivity index (χ4n) is 4.60. The normalized spacial score (nSPS) is 26.1. The van der Waals surface area contributed by atoms with Gasteiger partial charge in [-0.2, -0.15) is 5.26 Å². The van der Waals surface area contributed by atoms with Crippen LogP contribution in [0.1, 0.15) is 62.0 Å². The van der Waals surface area contributed by atoms with E-state index in [0.29, 0.717) is 24.9 Å². The number of aliphatic hydroxyl groups is 1. The zero-order chi connectivity index (χ0) is 17.0. The molecule has 2 bridgehead atoms. The molecule has 0 aliphatic heterocycles. The first-order valence-corrected chi connectivity index (χ1v) is 9.02. The second-order valence-electron chi connectivity index (χ2n) is 7.57. The summed E-state index contributed by atoms with van der Waals surface area (Å²) in [5, 5.41) is 21.4. The van der Waals surface area contributed by atoms with E-state index in [9.17, 15) is 9.90 Å². The number of carbonyl (C=O) groups is 1. The van der Waals surface area contributed by atoms with Crippen molar-refractivity contribution in [2.45, 2.75) is 50.9 Å². The SMILES string of the molecule is N#Cc1cccc(C(CCO)CNC(=O)CC23CCC(CC2)C3)c1. The van der Waals surface area contributed by atoms with Gasteiger partial charge in [-0.05, 0) is 67.6 Å². The molecule has 1 unspecified atom stereocenters. The summed E-state index contributed by atoms with van der Waals surface area (Å²) in [6, 6.07) is 9.59. The Morgan fingerprint density at radius 3 is 2.83 bits per heavy atom. The zero-order valence-corrected chi connectivity index (χ0v) is 14.1. The third kappa shape index (κ3) is 3.79. The number of hydrogen-bond acceptors (Lipinski definition) is 3. The molecule has 0 radical (unpaired) electrons. The van der Waals surface area contributed by atoms with E-state index < -0.39 is 0 Å². The van der Waals surface area contributed by atoms with Crippen molar-refractivity contribution >= 4 is 5.91 Å². The second-order valence-corrected chi connectivity index (χ2v) is 7.57. The summed E-state index contributed by atoms with van der Waals surface area (Å²) in [5.41, 5.74) is 1.88. The minimum absolute atomic E-state index is 0.0460. The number of benzene rings is 1. The maximum absolute atomic E-state index is 12.4. The third-order valence-electron chi connectivity index (χ3n) is 5.93. The Balaban J connectivity index is 1.57. The van der Waals surface area contributed by atoms with E-state index in [1.807, 2.05) is 18.2 Å². The van der Waals surface area contributed by atoms with Gasteiger partial charge in [-0.15, -0.1) is 0 Å². The highest BCUT2D eigenvalue weighted by atomic mass is 16.3. The monoisotopic (exact) mass is 326 g/mol. The van der Waals surface area contributed by atoms with Gasteiger partial charge < -0.3 is 10.4 Å². The van der Waals surface area contributed by atoms with E-state index in [1.165, 1.54) is 32.1 Å². The fourth-order valence-corrected chi connectivity index (χ4v) is 4.60. The number of carbonyl (C=O) groups excluding carboxylic acids is 1. The van der Waals surface area contributed by atoms with Crippen LogP contribution in [-0.2, 0) is 4.79 Å². The molecular formula is C20H26N2O2. The fraction of sp³-hybridized carbons (Fsp3) is 0.600. The van der Waals surface area contributed by atoms with Crippen molar-refractivity contribution in [1.29, 1.82) is 5.26 Å². The number of fused-ring (bicyclic) bond motifs is 2. The average molecular weight is 326 g/mol. The number of nitriles is 1. The molecule has 24 heavy (non-hydrogen) atoms. The molecular weight excluding hydrogens is 300 g/mol. The van der Waals surface area contributed by atoms with Gasteiger partial charge in [0, 0.05) is 25.5 Å². The molecule has 1 atom stereocenters. The number of nitrogens with one attached hydrogen (secondary N) is 1. The highest BCUT2D eigenvalue weighted by molar-refractivity contribution is 5.76. The molecule has 2 aliphatic rings. The molecule has 4 nitrogen and oxygen atoms in total. The molecule has 0 spiro atoms. The molecule has 0 saturated heterocycles. The molecule has 2 aliphatic carbocycles. The first kappa shape index (κ1) is 17.0.